The van der Waals surface area contributed by atoms with Crippen molar-refractivity contribution in [3.8, 4) is 0 Å². The van der Waals surface area contributed by atoms with Gasteiger partial charge in [-0.2, -0.15) is 0 Å². The van der Waals surface area contributed by atoms with Crippen LogP contribution in [-0.4, -0.2) is 16.5 Å². The van der Waals surface area contributed by atoms with E-state index < -0.39 is 0 Å². The van der Waals surface area contributed by atoms with Gasteiger partial charge in [0.2, 0.25) is 0 Å². The van der Waals surface area contributed by atoms with Gasteiger partial charge in [-0.3, -0.25) is 9.78 Å². The first kappa shape index (κ1) is 17.2. The van der Waals surface area contributed by atoms with Crippen LogP contribution in [0.15, 0.2) is 70.2 Å². The molecule has 0 aliphatic heterocycles. The van der Waals surface area contributed by atoms with E-state index in [1.54, 1.807) is 6.20 Å². The lowest BCUT2D eigenvalue weighted by Crippen LogP contribution is -2.02. The second-order valence-electron chi connectivity index (χ2n) is 4.55. The highest BCUT2D eigenvalue weighted by Crippen LogP contribution is 2.26. The number of fused-ring (bicyclic) bond motifs is 1. The molecule has 3 rings (SSSR count). The molecule has 0 saturated carbocycles. The average molecular weight is 439 g/mol. The van der Waals surface area contributed by atoms with Crippen molar-refractivity contribution < 1.29 is 4.79 Å². The molecule has 0 aliphatic rings. The second-order valence-corrected chi connectivity index (χ2v) is 6.48. The average Bonchev–Trinajstić information content (AvgIpc) is 2.53. The van der Waals surface area contributed by atoms with E-state index in [-0.39, 0.29) is 22.8 Å². The monoisotopic (exact) mass is 437 g/mol. The first-order chi connectivity index (χ1) is 10.2. The molecule has 0 saturated heterocycles. The zero-order chi connectivity index (χ0) is 14.7. The highest BCUT2D eigenvalue weighted by atomic mass is 79.9. The summed E-state index contributed by atoms with van der Waals surface area (Å²) in [6.07, 6.45) is 1.78. The smallest absolute Gasteiger partial charge is 0.173 e. The molecule has 0 bridgehead atoms. The third-order valence-electron chi connectivity index (χ3n) is 3.12. The molecule has 0 amide bonds. The van der Waals surface area contributed by atoms with E-state index >= 15 is 0 Å². The third-order valence-corrected chi connectivity index (χ3v) is 4.70. The lowest BCUT2D eigenvalue weighted by molar-refractivity contribution is 0.102. The number of rotatable bonds is 4. The van der Waals surface area contributed by atoms with Gasteiger partial charge in [-0.25, -0.2) is 0 Å². The summed E-state index contributed by atoms with van der Waals surface area (Å²) in [5.74, 6) is 0.539. The number of nitrogens with zero attached hydrogens (tertiary/aromatic N) is 1. The first-order valence-electron chi connectivity index (χ1n) is 6.49. The minimum atomic E-state index is 0. The van der Waals surface area contributed by atoms with Gasteiger partial charge in [0, 0.05) is 26.5 Å². The van der Waals surface area contributed by atoms with Crippen molar-refractivity contribution in [1.82, 2.24) is 4.98 Å². The summed E-state index contributed by atoms with van der Waals surface area (Å²) < 4.78 is 0.977. The number of Topliss-reactive ketones (excluding diaryl/α,β-unsaturated/α-hetero) is 1. The molecule has 0 aliphatic carbocycles. The molecule has 3 aromatic rings. The van der Waals surface area contributed by atoms with E-state index in [1.807, 2.05) is 54.6 Å². The van der Waals surface area contributed by atoms with Crippen LogP contribution in [0.4, 0.5) is 0 Å². The molecule has 1 aromatic heterocycles. The van der Waals surface area contributed by atoms with E-state index in [0.717, 1.165) is 25.8 Å². The molecule has 0 N–H and O–H groups in total. The maximum atomic E-state index is 12.2. The standard InChI is InChI=1S/C17H12BrNOS.BrH/c18-14-8-6-12(7-9-14)15(20)11-21-16-5-1-3-13-4-2-10-19-17(13)16;/h1-10H,11H2;1H. The van der Waals surface area contributed by atoms with Crippen LogP contribution in [0.3, 0.4) is 0 Å². The summed E-state index contributed by atoms with van der Waals surface area (Å²) >= 11 is 4.91. The Balaban J connectivity index is 0.00000176. The number of carbonyl (C=O) groups excluding carboxylic acids is 1. The quantitative estimate of drug-likeness (QED) is 0.395. The summed E-state index contributed by atoms with van der Waals surface area (Å²) in [5, 5.41) is 1.10. The fourth-order valence-corrected chi connectivity index (χ4v) is 3.25. The van der Waals surface area contributed by atoms with E-state index in [9.17, 15) is 4.79 Å². The van der Waals surface area contributed by atoms with Gasteiger partial charge in [0.15, 0.2) is 5.78 Å². The largest absolute Gasteiger partial charge is 0.293 e. The van der Waals surface area contributed by atoms with E-state index in [4.69, 9.17) is 0 Å². The fraction of sp³-hybridized carbons (Fsp3) is 0.0588. The maximum absolute atomic E-state index is 12.2. The van der Waals surface area contributed by atoms with Crippen LogP contribution in [0.1, 0.15) is 10.4 Å². The van der Waals surface area contributed by atoms with Crippen molar-refractivity contribution >= 4 is 61.4 Å². The molecule has 2 nitrogen and oxygen atoms in total. The Labute approximate surface area is 152 Å². The van der Waals surface area contributed by atoms with E-state index in [1.165, 1.54) is 11.8 Å². The third kappa shape index (κ3) is 3.97. The van der Waals surface area contributed by atoms with Crippen LogP contribution in [0, 0.1) is 0 Å². The molecule has 0 atom stereocenters. The van der Waals surface area contributed by atoms with Crippen LogP contribution < -0.4 is 0 Å². The molecule has 112 valence electrons. The molecule has 1 heterocycles. The Bertz CT molecular complexity index is 785. The summed E-state index contributed by atoms with van der Waals surface area (Å²) in [5.41, 5.74) is 1.69. The Morgan fingerprint density at radius 2 is 1.77 bits per heavy atom. The normalized spacial score (nSPS) is 10.2. The number of aromatic nitrogens is 1. The molecule has 0 unspecified atom stereocenters. The Morgan fingerprint density at radius 1 is 1.05 bits per heavy atom. The Hall–Kier alpha value is -1.17. The molecule has 22 heavy (non-hydrogen) atoms. The minimum absolute atomic E-state index is 0. The molecular weight excluding hydrogens is 426 g/mol. The van der Waals surface area contributed by atoms with Crippen molar-refractivity contribution in [2.75, 3.05) is 5.75 Å². The van der Waals surface area contributed by atoms with Crippen LogP contribution >= 0.6 is 44.7 Å². The number of pyridine rings is 1. The van der Waals surface area contributed by atoms with Crippen molar-refractivity contribution in [2.45, 2.75) is 4.90 Å². The maximum Gasteiger partial charge on any atom is 0.173 e. The molecular formula is C17H13Br2NOS. The van der Waals surface area contributed by atoms with Gasteiger partial charge < -0.3 is 0 Å². The number of para-hydroxylation sites is 1. The number of carbonyl (C=O) groups is 1. The van der Waals surface area contributed by atoms with Gasteiger partial charge in [-0.1, -0.05) is 46.3 Å². The number of halogens is 2. The number of thioether (sulfide) groups is 1. The molecule has 5 heteroatoms. The first-order valence-corrected chi connectivity index (χ1v) is 8.27. The topological polar surface area (TPSA) is 30.0 Å². The van der Waals surface area contributed by atoms with Crippen molar-refractivity contribution in [1.29, 1.82) is 0 Å². The molecule has 0 radical (unpaired) electrons. The van der Waals surface area contributed by atoms with Gasteiger partial charge in [0.05, 0.1) is 11.3 Å². The molecule has 0 spiro atoms. The van der Waals surface area contributed by atoms with Crippen molar-refractivity contribution in [2.24, 2.45) is 0 Å². The van der Waals surface area contributed by atoms with Gasteiger partial charge in [-0.05, 0) is 24.3 Å². The predicted octanol–water partition coefficient (Wildman–Crippen LogP) is 5.55. The summed E-state index contributed by atoms with van der Waals surface area (Å²) in [4.78, 5) is 17.7. The number of hydrogen-bond acceptors (Lipinski definition) is 3. The summed E-state index contributed by atoms with van der Waals surface area (Å²) in [6.45, 7) is 0. The zero-order valence-electron chi connectivity index (χ0n) is 11.5. The Morgan fingerprint density at radius 3 is 2.55 bits per heavy atom. The van der Waals surface area contributed by atoms with Gasteiger partial charge in [0.25, 0.3) is 0 Å². The molecule has 0 fully saturated rings. The predicted molar refractivity (Wildman–Crippen MR) is 101 cm³/mol. The lowest BCUT2D eigenvalue weighted by Gasteiger charge is -2.05. The zero-order valence-corrected chi connectivity index (χ0v) is 15.6. The number of hydrogen-bond donors (Lipinski definition) is 0. The highest BCUT2D eigenvalue weighted by Gasteiger charge is 2.08. The van der Waals surface area contributed by atoms with Gasteiger partial charge in [-0.15, -0.1) is 28.7 Å². The number of ketones is 1. The van der Waals surface area contributed by atoms with Crippen LogP contribution in [0.2, 0.25) is 0 Å². The SMILES string of the molecule is Br.O=C(CSc1cccc2cccnc12)c1ccc(Br)cc1. The summed E-state index contributed by atoms with van der Waals surface area (Å²) in [7, 11) is 0. The highest BCUT2D eigenvalue weighted by molar-refractivity contribution is 9.10. The number of benzene rings is 2. The van der Waals surface area contributed by atoms with Crippen molar-refractivity contribution in [3.05, 3.63) is 70.8 Å². The van der Waals surface area contributed by atoms with E-state index in [0.29, 0.717) is 5.75 Å². The lowest BCUT2D eigenvalue weighted by atomic mass is 10.2. The van der Waals surface area contributed by atoms with Gasteiger partial charge in [0.1, 0.15) is 0 Å². The molecule has 2 aromatic carbocycles. The second kappa shape index (κ2) is 7.90. The minimum Gasteiger partial charge on any atom is -0.293 e. The van der Waals surface area contributed by atoms with Crippen molar-refractivity contribution in [3.63, 3.8) is 0 Å². The Kier molecular flexibility index (Phi) is 6.17. The van der Waals surface area contributed by atoms with E-state index in [2.05, 4.69) is 20.9 Å². The van der Waals surface area contributed by atoms with Gasteiger partial charge >= 0.3 is 0 Å². The van der Waals surface area contributed by atoms with Crippen LogP contribution in [0.25, 0.3) is 10.9 Å². The fourth-order valence-electron chi connectivity index (χ4n) is 2.06. The van der Waals surface area contributed by atoms with Crippen LogP contribution in [-0.2, 0) is 0 Å². The van der Waals surface area contributed by atoms with Crippen LogP contribution in [0.5, 0.6) is 0 Å². The summed E-state index contributed by atoms with van der Waals surface area (Å²) in [6, 6.07) is 17.4.